The third kappa shape index (κ3) is 5.98. The molecule has 0 amide bonds. The van der Waals surface area contributed by atoms with Gasteiger partial charge in [0.1, 0.15) is 0 Å². The molecule has 29 heavy (non-hydrogen) atoms. The number of aliphatic imine (C=N–C) groups is 1. The van der Waals surface area contributed by atoms with E-state index < -0.39 is 10.0 Å². The van der Waals surface area contributed by atoms with Gasteiger partial charge in [-0.1, -0.05) is 12.8 Å². The molecule has 3 unspecified atom stereocenters. The first-order valence-corrected chi connectivity index (χ1v) is 12.9. The molecular weight excluding hydrogens is 501 g/mol. The summed E-state index contributed by atoms with van der Waals surface area (Å²) in [5.74, 6) is 3.40. The minimum atomic E-state index is -3.21. The zero-order chi connectivity index (χ0) is 19.6. The van der Waals surface area contributed by atoms with Gasteiger partial charge in [0.05, 0.1) is 5.75 Å². The number of halogens is 1. The summed E-state index contributed by atoms with van der Waals surface area (Å²) in [6.45, 7) is 5.13. The number of rotatable bonds is 7. The van der Waals surface area contributed by atoms with Crippen LogP contribution in [0.1, 0.15) is 44.9 Å². The Labute approximate surface area is 193 Å². The molecule has 4 fully saturated rings. The molecule has 1 aliphatic heterocycles. The van der Waals surface area contributed by atoms with Crippen LogP contribution >= 0.6 is 24.0 Å². The fourth-order valence-corrected chi connectivity index (χ4v) is 6.57. The molecule has 4 aliphatic rings. The van der Waals surface area contributed by atoms with E-state index in [2.05, 4.69) is 24.8 Å². The summed E-state index contributed by atoms with van der Waals surface area (Å²) >= 11 is 0. The first-order valence-electron chi connectivity index (χ1n) is 11.2. The highest BCUT2D eigenvalue weighted by Crippen LogP contribution is 2.46. The molecule has 3 atom stereocenters. The van der Waals surface area contributed by atoms with Gasteiger partial charge >= 0.3 is 0 Å². The van der Waals surface area contributed by atoms with Gasteiger partial charge in [0.15, 0.2) is 5.96 Å². The zero-order valence-corrected chi connectivity index (χ0v) is 20.8. The lowest BCUT2D eigenvalue weighted by Gasteiger charge is -2.41. The highest BCUT2D eigenvalue weighted by molar-refractivity contribution is 14.0. The SMILES string of the molecule is CN=C(NCCS(=O)(=O)NCC1CCC1)N1CCN(C2CC3CCC2C3)CC1.I. The number of hydrogen-bond donors (Lipinski definition) is 2. The molecule has 0 aromatic rings. The lowest BCUT2D eigenvalue weighted by Crippen LogP contribution is -2.56. The van der Waals surface area contributed by atoms with Crippen molar-refractivity contribution in [3.05, 3.63) is 0 Å². The Balaban J connectivity index is 0.00000240. The largest absolute Gasteiger partial charge is 0.355 e. The number of guanidine groups is 1. The van der Waals surface area contributed by atoms with E-state index in [-0.39, 0.29) is 29.7 Å². The van der Waals surface area contributed by atoms with Gasteiger partial charge in [0.2, 0.25) is 10.0 Å². The van der Waals surface area contributed by atoms with Gasteiger partial charge in [-0.05, 0) is 49.9 Å². The lowest BCUT2D eigenvalue weighted by atomic mass is 9.86. The van der Waals surface area contributed by atoms with Crippen LogP contribution in [0, 0.1) is 17.8 Å². The van der Waals surface area contributed by atoms with E-state index >= 15 is 0 Å². The minimum Gasteiger partial charge on any atom is -0.355 e. The predicted octanol–water partition coefficient (Wildman–Crippen LogP) is 1.71. The maximum absolute atomic E-state index is 12.2. The van der Waals surface area contributed by atoms with Crippen molar-refractivity contribution < 1.29 is 8.42 Å². The Morgan fingerprint density at radius 1 is 1.07 bits per heavy atom. The van der Waals surface area contributed by atoms with Crippen molar-refractivity contribution in [1.29, 1.82) is 0 Å². The highest BCUT2D eigenvalue weighted by atomic mass is 127. The maximum Gasteiger partial charge on any atom is 0.213 e. The molecule has 0 spiro atoms. The molecule has 2 N–H and O–H groups in total. The van der Waals surface area contributed by atoms with Gasteiger partial charge in [-0.3, -0.25) is 9.89 Å². The standard InChI is InChI=1S/C20H37N5O2S.HI/c1-21-20(22-7-12-28(26,27)23-15-16-3-2-4-16)25-10-8-24(9-11-25)19-14-17-5-6-18(19)13-17;/h16-19,23H,2-15H2,1H3,(H,21,22);1H. The second-order valence-corrected chi connectivity index (χ2v) is 11.1. The van der Waals surface area contributed by atoms with Crippen LogP contribution < -0.4 is 10.0 Å². The van der Waals surface area contributed by atoms with Gasteiger partial charge in [0, 0.05) is 52.4 Å². The molecule has 0 aromatic carbocycles. The molecule has 9 heteroatoms. The molecular formula is C20H38IN5O2S. The quantitative estimate of drug-likeness (QED) is 0.293. The number of sulfonamides is 1. The molecule has 4 rings (SSSR count). The van der Waals surface area contributed by atoms with Crippen LogP contribution in [-0.4, -0.2) is 82.3 Å². The molecule has 0 aromatic heterocycles. The van der Waals surface area contributed by atoms with Crippen LogP contribution in [0.4, 0.5) is 0 Å². The van der Waals surface area contributed by atoms with E-state index in [0.717, 1.165) is 62.9 Å². The predicted molar refractivity (Wildman–Crippen MR) is 128 cm³/mol. The first kappa shape index (κ1) is 23.5. The molecule has 3 saturated carbocycles. The van der Waals surface area contributed by atoms with Crippen molar-refractivity contribution in [1.82, 2.24) is 19.8 Å². The number of nitrogens with zero attached hydrogens (tertiary/aromatic N) is 3. The third-order valence-electron chi connectivity index (χ3n) is 7.47. The Bertz CT molecular complexity index is 662. The van der Waals surface area contributed by atoms with Crippen molar-refractivity contribution in [2.75, 3.05) is 52.1 Å². The molecule has 1 heterocycles. The summed E-state index contributed by atoms with van der Waals surface area (Å²) in [4.78, 5) is 9.36. The van der Waals surface area contributed by atoms with E-state index in [1.807, 2.05) is 0 Å². The smallest absolute Gasteiger partial charge is 0.213 e. The van der Waals surface area contributed by atoms with Gasteiger partial charge in [-0.25, -0.2) is 13.1 Å². The van der Waals surface area contributed by atoms with E-state index in [0.29, 0.717) is 19.0 Å². The zero-order valence-electron chi connectivity index (χ0n) is 17.7. The summed E-state index contributed by atoms with van der Waals surface area (Å²) in [7, 11) is -1.42. The summed E-state index contributed by atoms with van der Waals surface area (Å²) in [6, 6.07) is 0.808. The van der Waals surface area contributed by atoms with Crippen LogP contribution in [0.5, 0.6) is 0 Å². The lowest BCUT2D eigenvalue weighted by molar-refractivity contribution is 0.0959. The average molecular weight is 540 g/mol. The highest BCUT2D eigenvalue weighted by Gasteiger charge is 2.42. The van der Waals surface area contributed by atoms with Crippen molar-refractivity contribution in [2.45, 2.75) is 51.0 Å². The molecule has 0 radical (unpaired) electrons. The minimum absolute atomic E-state index is 0. The Hall–Kier alpha value is -0.130. The molecule has 1 saturated heterocycles. The Morgan fingerprint density at radius 2 is 1.83 bits per heavy atom. The molecule has 3 aliphatic carbocycles. The van der Waals surface area contributed by atoms with Crippen molar-refractivity contribution in [3.8, 4) is 0 Å². The number of nitrogens with one attached hydrogen (secondary N) is 2. The maximum atomic E-state index is 12.2. The number of piperazine rings is 1. The number of fused-ring (bicyclic) bond motifs is 2. The van der Waals surface area contributed by atoms with Crippen LogP contribution in [0.25, 0.3) is 0 Å². The molecule has 168 valence electrons. The normalized spacial score (nSPS) is 30.9. The summed E-state index contributed by atoms with van der Waals surface area (Å²) < 4.78 is 27.1. The van der Waals surface area contributed by atoms with Crippen LogP contribution in [0.2, 0.25) is 0 Å². The topological polar surface area (TPSA) is 77.0 Å². The molecule has 2 bridgehead atoms. The second-order valence-electron chi connectivity index (χ2n) is 9.20. The van der Waals surface area contributed by atoms with Gasteiger partial charge in [-0.15, -0.1) is 24.0 Å². The van der Waals surface area contributed by atoms with Gasteiger partial charge in [-0.2, -0.15) is 0 Å². The third-order valence-corrected chi connectivity index (χ3v) is 8.81. The van der Waals surface area contributed by atoms with E-state index in [1.165, 1.54) is 32.1 Å². The van der Waals surface area contributed by atoms with Crippen LogP contribution in [0.15, 0.2) is 4.99 Å². The summed E-state index contributed by atoms with van der Waals surface area (Å²) in [5.41, 5.74) is 0. The monoisotopic (exact) mass is 539 g/mol. The molecule has 7 nitrogen and oxygen atoms in total. The van der Waals surface area contributed by atoms with Crippen molar-refractivity contribution in [2.24, 2.45) is 22.7 Å². The summed E-state index contributed by atoms with van der Waals surface area (Å²) in [6.07, 6.45) is 9.29. The van der Waals surface area contributed by atoms with Gasteiger partial charge < -0.3 is 10.2 Å². The first-order chi connectivity index (χ1) is 13.5. The van der Waals surface area contributed by atoms with Gasteiger partial charge in [0.25, 0.3) is 0 Å². The summed E-state index contributed by atoms with van der Waals surface area (Å²) in [5, 5.41) is 3.26. The number of hydrogen-bond acceptors (Lipinski definition) is 4. The van der Waals surface area contributed by atoms with E-state index in [4.69, 9.17) is 0 Å². The fraction of sp³-hybridized carbons (Fsp3) is 0.950. The Kier molecular flexibility index (Phi) is 8.48. The Morgan fingerprint density at radius 3 is 2.38 bits per heavy atom. The van der Waals surface area contributed by atoms with Crippen molar-refractivity contribution in [3.63, 3.8) is 0 Å². The fourth-order valence-electron chi connectivity index (χ4n) is 5.57. The van der Waals surface area contributed by atoms with Crippen LogP contribution in [0.3, 0.4) is 0 Å². The van der Waals surface area contributed by atoms with E-state index in [9.17, 15) is 8.42 Å². The average Bonchev–Trinajstić information content (AvgIpc) is 3.27. The second kappa shape index (κ2) is 10.5. The van der Waals surface area contributed by atoms with E-state index in [1.54, 1.807) is 7.05 Å². The van der Waals surface area contributed by atoms with Crippen LogP contribution in [-0.2, 0) is 10.0 Å². The van der Waals surface area contributed by atoms with Crippen molar-refractivity contribution >= 4 is 40.0 Å².